The molecule has 2 aliphatic rings. The summed E-state index contributed by atoms with van der Waals surface area (Å²) in [7, 11) is 0. The van der Waals surface area contributed by atoms with E-state index in [0.29, 0.717) is 37.6 Å². The molecule has 2 aromatic carbocycles. The maximum atomic E-state index is 13.5. The second kappa shape index (κ2) is 11.9. The second-order valence-corrected chi connectivity index (χ2v) is 9.16. The van der Waals surface area contributed by atoms with Gasteiger partial charge in [0.05, 0.1) is 26.0 Å². The van der Waals surface area contributed by atoms with Crippen LogP contribution >= 0.6 is 0 Å². The van der Waals surface area contributed by atoms with Crippen LogP contribution in [0.4, 0.5) is 10.5 Å². The smallest absolute Gasteiger partial charge is 0.411 e. The van der Waals surface area contributed by atoms with E-state index in [-0.39, 0.29) is 18.2 Å². The van der Waals surface area contributed by atoms with Crippen LogP contribution in [0, 0.1) is 0 Å². The Morgan fingerprint density at radius 2 is 1.79 bits per heavy atom. The van der Waals surface area contributed by atoms with E-state index in [4.69, 9.17) is 13.9 Å². The van der Waals surface area contributed by atoms with Gasteiger partial charge in [-0.3, -0.25) is 19.4 Å². The summed E-state index contributed by atoms with van der Waals surface area (Å²) in [6, 6.07) is 18.7. The molecule has 3 heterocycles. The molecule has 3 aromatic rings. The van der Waals surface area contributed by atoms with Crippen molar-refractivity contribution < 1.29 is 28.3 Å². The number of morpholine rings is 1. The molecule has 2 fully saturated rings. The highest BCUT2D eigenvalue weighted by Gasteiger charge is 2.47. The van der Waals surface area contributed by atoms with Crippen molar-refractivity contribution in [3.05, 3.63) is 89.9 Å². The van der Waals surface area contributed by atoms with E-state index in [2.05, 4.69) is 15.5 Å². The first-order valence-electron chi connectivity index (χ1n) is 12.6. The highest BCUT2D eigenvalue weighted by molar-refractivity contribution is 6.02. The molecule has 1 aromatic heterocycles. The summed E-state index contributed by atoms with van der Waals surface area (Å²) >= 11 is 0. The molecular weight excluding hydrogens is 488 g/mol. The maximum absolute atomic E-state index is 13.5. The molecule has 10 heteroatoms. The Hall–Kier alpha value is -4.15. The summed E-state index contributed by atoms with van der Waals surface area (Å²) in [5, 5.41) is 5.78. The number of nitrogens with zero attached hydrogens (tertiary/aromatic N) is 2. The van der Waals surface area contributed by atoms with Crippen molar-refractivity contribution in [2.24, 2.45) is 0 Å². The topological polar surface area (TPSA) is 113 Å². The highest BCUT2D eigenvalue weighted by atomic mass is 16.6. The first kappa shape index (κ1) is 25.5. The van der Waals surface area contributed by atoms with Gasteiger partial charge < -0.3 is 24.5 Å². The van der Waals surface area contributed by atoms with Gasteiger partial charge in [0.15, 0.2) is 17.9 Å². The van der Waals surface area contributed by atoms with Gasteiger partial charge >= 0.3 is 6.09 Å². The quantitative estimate of drug-likeness (QED) is 0.448. The van der Waals surface area contributed by atoms with Crippen LogP contribution in [-0.2, 0) is 20.8 Å². The molecule has 0 radical (unpaired) electrons. The number of benzene rings is 2. The third-order valence-corrected chi connectivity index (χ3v) is 6.60. The molecule has 2 atom stereocenters. The van der Waals surface area contributed by atoms with E-state index >= 15 is 0 Å². The molecule has 2 saturated heterocycles. The van der Waals surface area contributed by atoms with Gasteiger partial charge in [0, 0.05) is 31.9 Å². The SMILES string of the molecule is O=C(Nc1cccc([C@@H]2OC(=O)N(Cc3ccccc3)[C@@H]2C(=O)NCCN2CCOCC2)c1)c1ccco1. The molecule has 3 amide bonds. The van der Waals surface area contributed by atoms with Gasteiger partial charge in [-0.2, -0.15) is 0 Å². The maximum Gasteiger partial charge on any atom is 0.411 e. The standard InChI is InChI=1S/C28H30N4O6/c33-26(23-10-5-15-37-23)30-22-9-4-8-21(18-22)25-24(27(34)29-11-12-31-13-16-36-17-14-31)32(28(35)38-25)19-20-6-2-1-3-7-20/h1-10,15,18,24-25H,11-14,16-17,19H2,(H,29,34)(H,30,33)/t24-,25-/m0/s1. The number of nitrogens with one attached hydrogen (secondary N) is 2. The fourth-order valence-corrected chi connectivity index (χ4v) is 4.65. The Balaban J connectivity index is 1.34. The van der Waals surface area contributed by atoms with Crippen LogP contribution in [0.5, 0.6) is 0 Å². The van der Waals surface area contributed by atoms with Crippen LogP contribution in [-0.4, -0.2) is 73.1 Å². The number of hydrogen-bond donors (Lipinski definition) is 2. The second-order valence-electron chi connectivity index (χ2n) is 9.16. The molecular formula is C28H30N4O6. The van der Waals surface area contributed by atoms with E-state index in [1.165, 1.54) is 11.2 Å². The normalized spacial score (nSPS) is 19.7. The molecule has 0 unspecified atom stereocenters. The lowest BCUT2D eigenvalue weighted by Crippen LogP contribution is -2.48. The van der Waals surface area contributed by atoms with Crippen molar-refractivity contribution in [1.82, 2.24) is 15.1 Å². The van der Waals surface area contributed by atoms with Crippen molar-refractivity contribution in [2.45, 2.75) is 18.7 Å². The number of amides is 3. The minimum atomic E-state index is -0.886. The lowest BCUT2D eigenvalue weighted by atomic mass is 10.00. The fourth-order valence-electron chi connectivity index (χ4n) is 4.65. The van der Waals surface area contributed by atoms with Crippen molar-refractivity contribution in [2.75, 3.05) is 44.7 Å². The zero-order valence-corrected chi connectivity index (χ0v) is 20.9. The minimum absolute atomic E-state index is 0.175. The highest BCUT2D eigenvalue weighted by Crippen LogP contribution is 2.35. The van der Waals surface area contributed by atoms with Crippen LogP contribution in [0.2, 0.25) is 0 Å². The monoisotopic (exact) mass is 518 g/mol. The fraction of sp³-hybridized carbons (Fsp3) is 0.321. The van der Waals surface area contributed by atoms with E-state index in [0.717, 1.165) is 18.7 Å². The van der Waals surface area contributed by atoms with Crippen LogP contribution in [0.25, 0.3) is 0 Å². The van der Waals surface area contributed by atoms with E-state index in [1.54, 1.807) is 36.4 Å². The number of carbonyl (C=O) groups excluding carboxylic acids is 3. The molecule has 2 aliphatic heterocycles. The van der Waals surface area contributed by atoms with Gasteiger partial charge in [0.1, 0.15) is 0 Å². The average Bonchev–Trinajstić information content (AvgIpc) is 3.59. The first-order valence-corrected chi connectivity index (χ1v) is 12.6. The Morgan fingerprint density at radius 1 is 0.974 bits per heavy atom. The first-order chi connectivity index (χ1) is 18.6. The third-order valence-electron chi connectivity index (χ3n) is 6.60. The predicted molar refractivity (Wildman–Crippen MR) is 138 cm³/mol. The molecule has 10 nitrogen and oxygen atoms in total. The zero-order valence-electron chi connectivity index (χ0n) is 20.9. The van der Waals surface area contributed by atoms with Gasteiger partial charge in [0.25, 0.3) is 5.91 Å². The third kappa shape index (κ3) is 6.04. The molecule has 2 N–H and O–H groups in total. The van der Waals surface area contributed by atoms with Gasteiger partial charge in [-0.15, -0.1) is 0 Å². The van der Waals surface area contributed by atoms with Crippen molar-refractivity contribution >= 4 is 23.6 Å². The molecule has 5 rings (SSSR count). The Labute approximate surface area is 220 Å². The van der Waals surface area contributed by atoms with Crippen LogP contribution < -0.4 is 10.6 Å². The molecule has 0 bridgehead atoms. The van der Waals surface area contributed by atoms with Gasteiger partial charge in [-0.05, 0) is 35.4 Å². The number of rotatable bonds is 9. The lowest BCUT2D eigenvalue weighted by Gasteiger charge is -2.28. The lowest BCUT2D eigenvalue weighted by molar-refractivity contribution is -0.126. The minimum Gasteiger partial charge on any atom is -0.459 e. The Kier molecular flexibility index (Phi) is 8.01. The van der Waals surface area contributed by atoms with E-state index < -0.39 is 24.1 Å². The summed E-state index contributed by atoms with van der Waals surface area (Å²) < 4.78 is 16.3. The molecule has 0 spiro atoms. The molecule has 38 heavy (non-hydrogen) atoms. The zero-order chi connectivity index (χ0) is 26.3. The molecule has 0 aliphatic carbocycles. The number of hydrogen-bond acceptors (Lipinski definition) is 7. The van der Waals surface area contributed by atoms with Crippen molar-refractivity contribution in [3.8, 4) is 0 Å². The molecule has 198 valence electrons. The summed E-state index contributed by atoms with van der Waals surface area (Å²) in [4.78, 5) is 42.7. The number of furan rings is 1. The average molecular weight is 519 g/mol. The summed E-state index contributed by atoms with van der Waals surface area (Å²) in [6.45, 7) is 4.35. The van der Waals surface area contributed by atoms with Crippen LogP contribution in [0.3, 0.4) is 0 Å². The number of carbonyl (C=O) groups is 3. The van der Waals surface area contributed by atoms with Gasteiger partial charge in [-0.25, -0.2) is 4.79 Å². The largest absolute Gasteiger partial charge is 0.459 e. The Bertz CT molecular complexity index is 1240. The van der Waals surface area contributed by atoms with E-state index in [1.807, 2.05) is 30.3 Å². The van der Waals surface area contributed by atoms with Crippen LogP contribution in [0.15, 0.2) is 77.4 Å². The van der Waals surface area contributed by atoms with Crippen molar-refractivity contribution in [3.63, 3.8) is 0 Å². The van der Waals surface area contributed by atoms with Gasteiger partial charge in [-0.1, -0.05) is 42.5 Å². The summed E-state index contributed by atoms with van der Waals surface area (Å²) in [5.74, 6) is -0.525. The van der Waals surface area contributed by atoms with Crippen molar-refractivity contribution in [1.29, 1.82) is 0 Å². The van der Waals surface area contributed by atoms with Crippen LogP contribution in [0.1, 0.15) is 27.8 Å². The van der Waals surface area contributed by atoms with E-state index in [9.17, 15) is 14.4 Å². The number of ether oxygens (including phenoxy) is 2. The van der Waals surface area contributed by atoms with Gasteiger partial charge in [0.2, 0.25) is 5.91 Å². The number of cyclic esters (lactones) is 1. The predicted octanol–water partition coefficient (Wildman–Crippen LogP) is 3.04. The number of anilines is 1. The Morgan fingerprint density at radius 3 is 2.55 bits per heavy atom. The molecule has 0 saturated carbocycles. The summed E-state index contributed by atoms with van der Waals surface area (Å²) in [6.07, 6.45) is -0.000305. The summed E-state index contributed by atoms with van der Waals surface area (Å²) in [5.41, 5.74) is 1.98.